The van der Waals surface area contributed by atoms with Crippen molar-refractivity contribution in [2.75, 3.05) is 0 Å². The van der Waals surface area contributed by atoms with Gasteiger partial charge in [0.25, 0.3) is 0 Å². The Bertz CT molecular complexity index is 737. The maximum absolute atomic E-state index is 6.00. The number of fused-ring (bicyclic) bond motifs is 1. The van der Waals surface area contributed by atoms with Crippen molar-refractivity contribution < 1.29 is 0 Å². The third-order valence-corrected chi connectivity index (χ3v) is 2.92. The number of nitrogens with zero attached hydrogens (tertiary/aromatic N) is 5. The normalized spacial score (nSPS) is 11.1. The van der Waals surface area contributed by atoms with Gasteiger partial charge in [0, 0.05) is 5.02 Å². The van der Waals surface area contributed by atoms with E-state index in [-0.39, 0.29) is 0 Å². The molecule has 2 heterocycles. The molecule has 0 amide bonds. The fourth-order valence-corrected chi connectivity index (χ4v) is 2.09. The summed E-state index contributed by atoms with van der Waals surface area (Å²) in [6.07, 6.45) is 0. The molecule has 5 nitrogen and oxygen atoms in total. The van der Waals surface area contributed by atoms with E-state index in [9.17, 15) is 0 Å². The molecule has 7 heteroatoms. The lowest BCUT2D eigenvalue weighted by atomic mass is 10.3. The lowest BCUT2D eigenvalue weighted by molar-refractivity contribution is 0.816. The Kier molecular flexibility index (Phi) is 2.65. The molecule has 0 aliphatic heterocycles. The quantitative estimate of drug-likeness (QED) is 0.643. The minimum Gasteiger partial charge on any atom is -0.219 e. The predicted octanol–water partition coefficient (Wildman–Crippen LogP) is 2.83. The zero-order chi connectivity index (χ0) is 12.7. The summed E-state index contributed by atoms with van der Waals surface area (Å²) in [7, 11) is 0. The van der Waals surface area contributed by atoms with Crippen molar-refractivity contribution in [2.45, 2.75) is 6.92 Å². The Morgan fingerprint density at radius 2 is 2.00 bits per heavy atom. The summed E-state index contributed by atoms with van der Waals surface area (Å²) >= 11 is 12.0. The van der Waals surface area contributed by atoms with Gasteiger partial charge in [-0.15, -0.1) is 5.10 Å². The molecule has 3 aromatic rings. The second kappa shape index (κ2) is 4.19. The van der Waals surface area contributed by atoms with Crippen LogP contribution in [0.5, 0.6) is 0 Å². The summed E-state index contributed by atoms with van der Waals surface area (Å²) in [5.41, 5.74) is 1.82. The van der Waals surface area contributed by atoms with Crippen molar-refractivity contribution in [1.82, 2.24) is 25.0 Å². The number of halogens is 2. The topological polar surface area (TPSA) is 56.5 Å². The standard InChI is InChI=1S/C11H7Cl2N5/c1-6-14-10(13)9-11(15-6)18(17-16-9)8-4-2-3-7(12)5-8/h2-5H,1H3. The van der Waals surface area contributed by atoms with Gasteiger partial charge < -0.3 is 0 Å². The van der Waals surface area contributed by atoms with Crippen LogP contribution in [0.15, 0.2) is 24.3 Å². The third kappa shape index (κ3) is 1.81. The largest absolute Gasteiger partial charge is 0.219 e. The lowest BCUT2D eigenvalue weighted by Crippen LogP contribution is -1.99. The van der Waals surface area contributed by atoms with Crippen LogP contribution in [-0.4, -0.2) is 25.0 Å². The van der Waals surface area contributed by atoms with E-state index in [1.807, 2.05) is 12.1 Å². The molecule has 0 atom stereocenters. The van der Waals surface area contributed by atoms with Crippen molar-refractivity contribution in [1.29, 1.82) is 0 Å². The Labute approximate surface area is 112 Å². The van der Waals surface area contributed by atoms with Crippen molar-refractivity contribution in [3.05, 3.63) is 40.3 Å². The molecule has 0 unspecified atom stereocenters. The maximum Gasteiger partial charge on any atom is 0.188 e. The number of rotatable bonds is 1. The molecular formula is C11H7Cl2N5. The summed E-state index contributed by atoms with van der Waals surface area (Å²) in [5.74, 6) is 0.568. The van der Waals surface area contributed by atoms with Gasteiger partial charge in [-0.25, -0.2) is 9.97 Å². The molecule has 1 aromatic carbocycles. The summed E-state index contributed by atoms with van der Waals surface area (Å²) in [6.45, 7) is 1.76. The van der Waals surface area contributed by atoms with Crippen LogP contribution in [0.25, 0.3) is 16.9 Å². The van der Waals surface area contributed by atoms with Crippen LogP contribution in [0.2, 0.25) is 10.2 Å². The van der Waals surface area contributed by atoms with Crippen molar-refractivity contribution in [3.63, 3.8) is 0 Å². The van der Waals surface area contributed by atoms with Crippen molar-refractivity contribution in [3.8, 4) is 5.69 Å². The van der Waals surface area contributed by atoms with Crippen LogP contribution in [0.3, 0.4) is 0 Å². The van der Waals surface area contributed by atoms with Gasteiger partial charge in [-0.1, -0.05) is 34.5 Å². The first-order valence-electron chi connectivity index (χ1n) is 5.16. The van der Waals surface area contributed by atoms with E-state index in [1.165, 1.54) is 0 Å². The molecule has 3 rings (SSSR count). The Balaban J connectivity index is 2.30. The summed E-state index contributed by atoms with van der Waals surface area (Å²) in [4.78, 5) is 8.34. The number of hydrogen-bond acceptors (Lipinski definition) is 4. The van der Waals surface area contributed by atoms with Gasteiger partial charge >= 0.3 is 0 Å². The lowest BCUT2D eigenvalue weighted by Gasteiger charge is -2.02. The Morgan fingerprint density at radius 3 is 2.78 bits per heavy atom. The molecule has 0 N–H and O–H groups in total. The minimum atomic E-state index is 0.297. The maximum atomic E-state index is 6.00. The van der Waals surface area contributed by atoms with Crippen LogP contribution in [-0.2, 0) is 0 Å². The smallest absolute Gasteiger partial charge is 0.188 e. The molecule has 0 radical (unpaired) electrons. The van der Waals surface area contributed by atoms with Gasteiger partial charge in [-0.2, -0.15) is 4.68 Å². The minimum absolute atomic E-state index is 0.297. The third-order valence-electron chi connectivity index (χ3n) is 2.42. The van der Waals surface area contributed by atoms with Crippen LogP contribution >= 0.6 is 23.2 Å². The molecular weight excluding hydrogens is 273 g/mol. The fraction of sp³-hybridized carbons (Fsp3) is 0.0909. The molecule has 18 heavy (non-hydrogen) atoms. The van der Waals surface area contributed by atoms with Gasteiger partial charge in [0.2, 0.25) is 0 Å². The molecule has 0 spiro atoms. The van der Waals surface area contributed by atoms with Crippen LogP contribution in [0.1, 0.15) is 5.82 Å². The molecule has 0 aliphatic carbocycles. The van der Waals surface area contributed by atoms with E-state index >= 15 is 0 Å². The molecule has 2 aromatic heterocycles. The molecule has 90 valence electrons. The number of aromatic nitrogens is 5. The van der Waals surface area contributed by atoms with E-state index in [2.05, 4.69) is 20.3 Å². The van der Waals surface area contributed by atoms with Gasteiger partial charge in [0.15, 0.2) is 16.3 Å². The molecule has 0 saturated heterocycles. The zero-order valence-electron chi connectivity index (χ0n) is 9.30. The first kappa shape index (κ1) is 11.4. The summed E-state index contributed by atoms with van der Waals surface area (Å²) in [6, 6.07) is 7.27. The second-order valence-electron chi connectivity index (χ2n) is 3.71. The van der Waals surface area contributed by atoms with E-state index in [1.54, 1.807) is 23.7 Å². The van der Waals surface area contributed by atoms with Crippen LogP contribution in [0, 0.1) is 6.92 Å². The first-order valence-corrected chi connectivity index (χ1v) is 5.92. The average Bonchev–Trinajstić information content (AvgIpc) is 2.72. The Hall–Kier alpha value is -1.72. The van der Waals surface area contributed by atoms with Crippen molar-refractivity contribution in [2.24, 2.45) is 0 Å². The monoisotopic (exact) mass is 279 g/mol. The highest BCUT2D eigenvalue weighted by molar-refractivity contribution is 6.33. The molecule has 0 aliphatic rings. The molecule has 0 bridgehead atoms. The van der Waals surface area contributed by atoms with Crippen LogP contribution < -0.4 is 0 Å². The van der Waals surface area contributed by atoms with Gasteiger partial charge in [-0.05, 0) is 25.1 Å². The van der Waals surface area contributed by atoms with E-state index in [4.69, 9.17) is 23.2 Å². The van der Waals surface area contributed by atoms with Gasteiger partial charge in [0.1, 0.15) is 5.82 Å². The SMILES string of the molecule is Cc1nc(Cl)c2nnn(-c3cccc(Cl)c3)c2n1. The van der Waals surface area contributed by atoms with Crippen molar-refractivity contribution >= 4 is 34.4 Å². The molecule has 0 saturated carbocycles. The number of hydrogen-bond donors (Lipinski definition) is 0. The second-order valence-corrected chi connectivity index (χ2v) is 4.51. The van der Waals surface area contributed by atoms with Gasteiger partial charge in [-0.3, -0.25) is 0 Å². The van der Waals surface area contributed by atoms with E-state index < -0.39 is 0 Å². The number of benzene rings is 1. The van der Waals surface area contributed by atoms with E-state index in [0.29, 0.717) is 27.2 Å². The zero-order valence-corrected chi connectivity index (χ0v) is 10.8. The number of aryl methyl sites for hydroxylation is 1. The average molecular weight is 280 g/mol. The van der Waals surface area contributed by atoms with E-state index in [0.717, 1.165) is 5.69 Å². The predicted molar refractivity (Wildman–Crippen MR) is 69.2 cm³/mol. The van der Waals surface area contributed by atoms with Gasteiger partial charge in [0.05, 0.1) is 5.69 Å². The first-order chi connectivity index (χ1) is 8.65. The highest BCUT2D eigenvalue weighted by atomic mass is 35.5. The highest BCUT2D eigenvalue weighted by Gasteiger charge is 2.13. The fourth-order valence-electron chi connectivity index (χ4n) is 1.67. The van der Waals surface area contributed by atoms with Crippen LogP contribution in [0.4, 0.5) is 0 Å². The summed E-state index contributed by atoms with van der Waals surface area (Å²) in [5, 5.41) is 8.92. The summed E-state index contributed by atoms with van der Waals surface area (Å²) < 4.78 is 1.59. The highest BCUT2D eigenvalue weighted by Crippen LogP contribution is 2.21. The Morgan fingerprint density at radius 1 is 1.17 bits per heavy atom. The molecule has 0 fully saturated rings.